The Balaban J connectivity index is 1.43. The zero-order valence-corrected chi connectivity index (χ0v) is 17.2. The van der Waals surface area contributed by atoms with Gasteiger partial charge < -0.3 is 19.5 Å². The number of nitriles is 1. The Kier molecular flexibility index (Phi) is 5.92. The minimum absolute atomic E-state index is 0.0933. The number of benzene rings is 2. The van der Waals surface area contributed by atoms with E-state index in [9.17, 15) is 14.7 Å². The normalized spacial score (nSPS) is 24.7. The minimum atomic E-state index is -0.653. The SMILES string of the molecule is COC(=O)c1cccc(O[C@@H]2C[C@@H]3CN(C(=O)c4cccc(C#N)c4)C[C@@H]3C[C@H]2O)c1. The van der Waals surface area contributed by atoms with E-state index >= 15 is 0 Å². The van der Waals surface area contributed by atoms with E-state index in [1.807, 2.05) is 0 Å². The van der Waals surface area contributed by atoms with Crippen molar-refractivity contribution in [2.24, 2.45) is 11.8 Å². The maximum absolute atomic E-state index is 12.9. The van der Waals surface area contributed by atoms with Crippen LogP contribution in [0, 0.1) is 23.2 Å². The van der Waals surface area contributed by atoms with Gasteiger partial charge in [-0.2, -0.15) is 5.26 Å². The van der Waals surface area contributed by atoms with E-state index in [1.54, 1.807) is 53.4 Å². The Morgan fingerprint density at radius 1 is 1.06 bits per heavy atom. The monoisotopic (exact) mass is 420 g/mol. The standard InChI is InChI=1S/C24H24N2O5/c1-30-24(29)17-6-3-7-20(9-17)31-22-11-19-14-26(13-18(19)10-21(22)27)23(28)16-5-2-4-15(8-16)12-25/h2-9,18-19,21-22,27H,10-11,13-14H2,1H3/t18-,19+,21+,22+/m0/s1. The number of nitrogens with zero attached hydrogens (tertiary/aromatic N) is 2. The number of likely N-dealkylation sites (tertiary alicyclic amines) is 1. The van der Waals surface area contributed by atoms with Gasteiger partial charge in [-0.15, -0.1) is 0 Å². The summed E-state index contributed by atoms with van der Waals surface area (Å²) in [7, 11) is 1.32. The molecule has 0 bridgehead atoms. The number of carbonyl (C=O) groups is 2. The molecule has 0 spiro atoms. The molecule has 1 amide bonds. The lowest BCUT2D eigenvalue weighted by Crippen LogP contribution is -2.42. The van der Waals surface area contributed by atoms with Crippen molar-refractivity contribution in [3.8, 4) is 11.8 Å². The van der Waals surface area contributed by atoms with Crippen LogP contribution in [-0.2, 0) is 4.74 Å². The van der Waals surface area contributed by atoms with Gasteiger partial charge in [-0.25, -0.2) is 4.79 Å². The van der Waals surface area contributed by atoms with E-state index < -0.39 is 18.2 Å². The molecule has 7 heteroatoms. The number of aliphatic hydroxyl groups excluding tert-OH is 1. The quantitative estimate of drug-likeness (QED) is 0.764. The maximum atomic E-state index is 12.9. The predicted molar refractivity (Wildman–Crippen MR) is 111 cm³/mol. The summed E-state index contributed by atoms with van der Waals surface area (Å²) in [6.07, 6.45) is 0.107. The van der Waals surface area contributed by atoms with E-state index in [4.69, 9.17) is 14.7 Å². The highest BCUT2D eigenvalue weighted by Gasteiger charge is 2.44. The van der Waals surface area contributed by atoms with Gasteiger partial charge in [0, 0.05) is 18.7 Å². The highest BCUT2D eigenvalue weighted by atomic mass is 16.5. The molecule has 4 atom stereocenters. The second-order valence-corrected chi connectivity index (χ2v) is 8.14. The molecule has 2 aliphatic rings. The van der Waals surface area contributed by atoms with Crippen molar-refractivity contribution in [1.82, 2.24) is 4.90 Å². The molecule has 7 nitrogen and oxygen atoms in total. The molecule has 0 aromatic heterocycles. The molecule has 0 unspecified atom stereocenters. The molecular formula is C24H24N2O5. The zero-order chi connectivity index (χ0) is 22.0. The van der Waals surface area contributed by atoms with Crippen molar-refractivity contribution < 1.29 is 24.2 Å². The molecule has 1 aliphatic heterocycles. The molecule has 2 aromatic rings. The molecule has 0 radical (unpaired) electrons. The lowest BCUT2D eigenvalue weighted by atomic mass is 9.78. The van der Waals surface area contributed by atoms with Crippen LogP contribution in [0.4, 0.5) is 0 Å². The Morgan fingerprint density at radius 3 is 2.52 bits per heavy atom. The van der Waals surface area contributed by atoms with E-state index in [-0.39, 0.29) is 17.7 Å². The van der Waals surface area contributed by atoms with Crippen LogP contribution in [0.3, 0.4) is 0 Å². The van der Waals surface area contributed by atoms with Crippen LogP contribution < -0.4 is 4.74 Å². The number of ether oxygens (including phenoxy) is 2. The lowest BCUT2D eigenvalue weighted by Gasteiger charge is -2.35. The third-order valence-electron chi connectivity index (χ3n) is 6.15. The summed E-state index contributed by atoms with van der Waals surface area (Å²) in [5.74, 6) is 0.397. The number of rotatable bonds is 4. The highest BCUT2D eigenvalue weighted by molar-refractivity contribution is 5.94. The molecule has 1 heterocycles. The van der Waals surface area contributed by atoms with Gasteiger partial charge >= 0.3 is 5.97 Å². The third-order valence-corrected chi connectivity index (χ3v) is 6.15. The van der Waals surface area contributed by atoms with Gasteiger partial charge in [0.25, 0.3) is 5.91 Å². The molecular weight excluding hydrogens is 396 g/mol. The number of hydrogen-bond acceptors (Lipinski definition) is 6. The second-order valence-electron chi connectivity index (χ2n) is 8.14. The van der Waals surface area contributed by atoms with Crippen molar-refractivity contribution in [3.63, 3.8) is 0 Å². The summed E-state index contributed by atoms with van der Waals surface area (Å²) in [6.45, 7) is 1.18. The minimum Gasteiger partial charge on any atom is -0.488 e. The first-order valence-electron chi connectivity index (χ1n) is 10.3. The van der Waals surface area contributed by atoms with Gasteiger partial charge in [-0.1, -0.05) is 12.1 Å². The lowest BCUT2D eigenvalue weighted by molar-refractivity contribution is -0.0231. The van der Waals surface area contributed by atoms with Gasteiger partial charge in [-0.05, 0) is 61.1 Å². The van der Waals surface area contributed by atoms with Crippen LogP contribution in [0.15, 0.2) is 48.5 Å². The van der Waals surface area contributed by atoms with Gasteiger partial charge in [0.15, 0.2) is 0 Å². The van der Waals surface area contributed by atoms with Crippen LogP contribution in [0.1, 0.15) is 39.1 Å². The second kappa shape index (κ2) is 8.78. The number of carbonyl (C=O) groups excluding carboxylic acids is 2. The Morgan fingerprint density at radius 2 is 1.77 bits per heavy atom. The molecule has 4 rings (SSSR count). The number of hydrogen-bond donors (Lipinski definition) is 1. The Bertz CT molecular complexity index is 1030. The molecule has 1 N–H and O–H groups in total. The molecule has 1 saturated heterocycles. The Hall–Kier alpha value is -3.37. The predicted octanol–water partition coefficient (Wildman–Crippen LogP) is 2.64. The average molecular weight is 420 g/mol. The van der Waals surface area contributed by atoms with E-state index in [1.165, 1.54) is 7.11 Å². The average Bonchev–Trinajstić information content (AvgIpc) is 3.21. The first-order chi connectivity index (χ1) is 15.0. The maximum Gasteiger partial charge on any atom is 0.337 e. The van der Waals surface area contributed by atoms with Crippen LogP contribution in [0.5, 0.6) is 5.75 Å². The summed E-state index contributed by atoms with van der Waals surface area (Å²) in [4.78, 5) is 26.5. The van der Waals surface area contributed by atoms with Crippen LogP contribution in [0.2, 0.25) is 0 Å². The number of methoxy groups -OCH3 is 1. The smallest absolute Gasteiger partial charge is 0.337 e. The van der Waals surface area contributed by atoms with Crippen molar-refractivity contribution in [3.05, 3.63) is 65.2 Å². The van der Waals surface area contributed by atoms with Crippen LogP contribution in [-0.4, -0.2) is 54.3 Å². The number of aliphatic hydroxyl groups is 1. The van der Waals surface area contributed by atoms with Crippen molar-refractivity contribution in [1.29, 1.82) is 5.26 Å². The van der Waals surface area contributed by atoms with E-state index in [0.29, 0.717) is 48.4 Å². The molecule has 1 aliphatic carbocycles. The van der Waals surface area contributed by atoms with Gasteiger partial charge in [0.2, 0.25) is 0 Å². The number of fused-ring (bicyclic) bond motifs is 1. The Labute approximate surface area is 180 Å². The molecule has 2 fully saturated rings. The molecule has 160 valence electrons. The summed E-state index contributed by atoms with van der Waals surface area (Å²) in [5, 5.41) is 19.7. The fourth-order valence-corrected chi connectivity index (χ4v) is 4.58. The third kappa shape index (κ3) is 4.39. The van der Waals surface area contributed by atoms with E-state index in [0.717, 1.165) is 0 Å². The fourth-order valence-electron chi connectivity index (χ4n) is 4.58. The number of esters is 1. The van der Waals surface area contributed by atoms with Crippen molar-refractivity contribution in [2.45, 2.75) is 25.0 Å². The van der Waals surface area contributed by atoms with Crippen molar-refractivity contribution in [2.75, 3.05) is 20.2 Å². The van der Waals surface area contributed by atoms with Crippen LogP contribution in [0.25, 0.3) is 0 Å². The number of amides is 1. The summed E-state index contributed by atoms with van der Waals surface area (Å²) >= 11 is 0. The molecule has 31 heavy (non-hydrogen) atoms. The van der Waals surface area contributed by atoms with Gasteiger partial charge in [0.05, 0.1) is 30.4 Å². The molecule has 2 aromatic carbocycles. The topological polar surface area (TPSA) is 99.9 Å². The summed E-state index contributed by atoms with van der Waals surface area (Å²) < 4.78 is 10.8. The fraction of sp³-hybridized carbons (Fsp3) is 0.375. The highest BCUT2D eigenvalue weighted by Crippen LogP contribution is 2.38. The largest absolute Gasteiger partial charge is 0.488 e. The van der Waals surface area contributed by atoms with Gasteiger partial charge in [0.1, 0.15) is 11.9 Å². The van der Waals surface area contributed by atoms with E-state index in [2.05, 4.69) is 6.07 Å². The van der Waals surface area contributed by atoms with Crippen LogP contribution >= 0.6 is 0 Å². The first kappa shape index (κ1) is 20.9. The summed E-state index contributed by atoms with van der Waals surface area (Å²) in [6, 6.07) is 15.5. The summed E-state index contributed by atoms with van der Waals surface area (Å²) in [5.41, 5.74) is 1.35. The first-order valence-corrected chi connectivity index (χ1v) is 10.3. The van der Waals surface area contributed by atoms with Gasteiger partial charge in [-0.3, -0.25) is 4.79 Å². The van der Waals surface area contributed by atoms with Crippen molar-refractivity contribution >= 4 is 11.9 Å². The zero-order valence-electron chi connectivity index (χ0n) is 17.2. The molecule has 1 saturated carbocycles.